The standard InChI is InChI=1S/C13H15F2NO4S/c1-8-6-7-16(11(8)12(17)18)9-4-2-3-5-10(9)21(19,20)13(14)15/h2-5,8,11,13H,6-7H2,1H3,(H,17,18). The van der Waals surface area contributed by atoms with Crippen molar-refractivity contribution in [2.24, 2.45) is 5.92 Å². The normalized spacial score (nSPS) is 22.8. The number of rotatable bonds is 4. The summed E-state index contributed by atoms with van der Waals surface area (Å²) in [6.07, 6.45) is 0.556. The minimum atomic E-state index is -4.78. The van der Waals surface area contributed by atoms with Crippen LogP contribution >= 0.6 is 0 Å². The smallest absolute Gasteiger partial charge is 0.341 e. The fraction of sp³-hybridized carbons (Fsp3) is 0.462. The predicted octanol–water partition coefficient (Wildman–Crippen LogP) is 1.98. The highest BCUT2D eigenvalue weighted by molar-refractivity contribution is 7.91. The number of carbonyl (C=O) groups is 1. The van der Waals surface area contributed by atoms with Gasteiger partial charge in [0.05, 0.1) is 10.6 Å². The summed E-state index contributed by atoms with van der Waals surface area (Å²) in [4.78, 5) is 12.2. The van der Waals surface area contributed by atoms with E-state index in [4.69, 9.17) is 0 Å². The molecule has 0 bridgehead atoms. The number of benzene rings is 1. The molecule has 8 heteroatoms. The lowest BCUT2D eigenvalue weighted by molar-refractivity contribution is -0.139. The Kier molecular flexibility index (Phi) is 4.18. The van der Waals surface area contributed by atoms with Gasteiger partial charge in [-0.25, -0.2) is 13.2 Å². The minimum absolute atomic E-state index is 0.0227. The number of hydrogen-bond acceptors (Lipinski definition) is 4. The Labute approximate surface area is 121 Å². The van der Waals surface area contributed by atoms with Crippen molar-refractivity contribution in [1.29, 1.82) is 0 Å². The zero-order valence-corrected chi connectivity index (χ0v) is 12.1. The highest BCUT2D eigenvalue weighted by Gasteiger charge is 2.40. The van der Waals surface area contributed by atoms with E-state index in [1.807, 2.05) is 0 Å². The molecule has 0 saturated carbocycles. The molecule has 116 valence electrons. The van der Waals surface area contributed by atoms with Crippen molar-refractivity contribution in [3.05, 3.63) is 24.3 Å². The molecule has 1 fully saturated rings. The van der Waals surface area contributed by atoms with E-state index in [2.05, 4.69) is 0 Å². The maximum atomic E-state index is 12.8. The topological polar surface area (TPSA) is 74.7 Å². The number of carboxylic acids is 1. The van der Waals surface area contributed by atoms with E-state index in [0.717, 1.165) is 6.07 Å². The molecular weight excluding hydrogens is 304 g/mol. The molecule has 0 radical (unpaired) electrons. The van der Waals surface area contributed by atoms with Crippen molar-refractivity contribution in [1.82, 2.24) is 0 Å². The SMILES string of the molecule is CC1CCN(c2ccccc2S(=O)(=O)C(F)F)C1C(=O)O. The third-order valence-corrected chi connectivity index (χ3v) is 5.10. The van der Waals surface area contributed by atoms with E-state index in [1.165, 1.54) is 23.1 Å². The number of aliphatic carboxylic acids is 1. The molecule has 1 N–H and O–H groups in total. The summed E-state index contributed by atoms with van der Waals surface area (Å²) in [5.74, 6) is -4.82. The summed E-state index contributed by atoms with van der Waals surface area (Å²) in [6, 6.07) is 4.37. The molecule has 5 nitrogen and oxygen atoms in total. The van der Waals surface area contributed by atoms with Gasteiger partial charge >= 0.3 is 11.7 Å². The lowest BCUT2D eigenvalue weighted by Crippen LogP contribution is -2.39. The van der Waals surface area contributed by atoms with Gasteiger partial charge in [-0.05, 0) is 24.5 Å². The van der Waals surface area contributed by atoms with Gasteiger partial charge in [0.15, 0.2) is 0 Å². The number of anilines is 1. The molecule has 2 rings (SSSR count). The van der Waals surface area contributed by atoms with Gasteiger partial charge < -0.3 is 10.0 Å². The lowest BCUT2D eigenvalue weighted by Gasteiger charge is -2.27. The first kappa shape index (κ1) is 15.7. The molecular formula is C13H15F2NO4S. The summed E-state index contributed by atoms with van der Waals surface area (Å²) in [5.41, 5.74) is 0.0227. The molecule has 2 unspecified atom stereocenters. The van der Waals surface area contributed by atoms with Crippen LogP contribution in [0.1, 0.15) is 13.3 Å². The fourth-order valence-electron chi connectivity index (χ4n) is 2.62. The van der Waals surface area contributed by atoms with Crippen molar-refractivity contribution in [2.45, 2.75) is 30.0 Å². The molecule has 21 heavy (non-hydrogen) atoms. The zero-order chi connectivity index (χ0) is 15.8. The van der Waals surface area contributed by atoms with Gasteiger partial charge in [0.25, 0.3) is 0 Å². The Bertz CT molecular complexity index is 647. The van der Waals surface area contributed by atoms with Crippen LogP contribution in [-0.4, -0.2) is 37.8 Å². The second kappa shape index (κ2) is 5.59. The first-order valence-electron chi connectivity index (χ1n) is 6.37. The van der Waals surface area contributed by atoms with Crippen LogP contribution in [0.4, 0.5) is 14.5 Å². The molecule has 0 aliphatic carbocycles. The lowest BCUT2D eigenvalue weighted by atomic mass is 10.0. The third kappa shape index (κ3) is 2.72. The Hall–Kier alpha value is -1.70. The van der Waals surface area contributed by atoms with E-state index in [1.54, 1.807) is 6.92 Å². The Morgan fingerprint density at radius 2 is 2.00 bits per heavy atom. The molecule has 1 aromatic rings. The second-order valence-corrected chi connectivity index (χ2v) is 6.90. The number of carboxylic acid groups (broad SMARTS) is 1. The monoisotopic (exact) mass is 319 g/mol. The quantitative estimate of drug-likeness (QED) is 0.918. The highest BCUT2D eigenvalue weighted by Crippen LogP contribution is 2.35. The molecule has 2 atom stereocenters. The van der Waals surface area contributed by atoms with Crippen LogP contribution in [0.25, 0.3) is 0 Å². The van der Waals surface area contributed by atoms with Crippen molar-refractivity contribution < 1.29 is 27.1 Å². The molecule has 0 spiro atoms. The average molecular weight is 319 g/mol. The molecule has 1 heterocycles. The van der Waals surface area contributed by atoms with Gasteiger partial charge in [-0.15, -0.1) is 0 Å². The van der Waals surface area contributed by atoms with Crippen molar-refractivity contribution in [3.8, 4) is 0 Å². The summed E-state index contributed by atoms with van der Waals surface area (Å²) >= 11 is 0. The summed E-state index contributed by atoms with van der Waals surface area (Å²) in [7, 11) is -4.78. The largest absolute Gasteiger partial charge is 0.480 e. The third-order valence-electron chi connectivity index (χ3n) is 3.67. The maximum Gasteiger partial charge on any atom is 0.341 e. The average Bonchev–Trinajstić information content (AvgIpc) is 2.80. The first-order valence-corrected chi connectivity index (χ1v) is 7.92. The summed E-state index contributed by atoms with van der Waals surface area (Å²) in [5, 5.41) is 9.28. The van der Waals surface area contributed by atoms with E-state index in [-0.39, 0.29) is 11.6 Å². The molecule has 1 aromatic carbocycles. The van der Waals surface area contributed by atoms with Crippen LogP contribution in [0.15, 0.2) is 29.2 Å². The number of sulfone groups is 1. The van der Waals surface area contributed by atoms with E-state index in [0.29, 0.717) is 13.0 Å². The van der Waals surface area contributed by atoms with Gasteiger partial charge in [-0.2, -0.15) is 8.78 Å². The number of para-hydroxylation sites is 1. The highest BCUT2D eigenvalue weighted by atomic mass is 32.2. The number of hydrogen-bond donors (Lipinski definition) is 1. The minimum Gasteiger partial charge on any atom is -0.480 e. The van der Waals surface area contributed by atoms with E-state index >= 15 is 0 Å². The fourth-order valence-corrected chi connectivity index (χ4v) is 3.56. The molecule has 1 aliphatic heterocycles. The van der Waals surface area contributed by atoms with Crippen LogP contribution in [0.5, 0.6) is 0 Å². The molecule has 0 amide bonds. The van der Waals surface area contributed by atoms with Gasteiger partial charge in [0.2, 0.25) is 9.84 Å². The van der Waals surface area contributed by atoms with Crippen molar-refractivity contribution in [2.75, 3.05) is 11.4 Å². The number of alkyl halides is 2. The van der Waals surface area contributed by atoms with Gasteiger partial charge in [0.1, 0.15) is 6.04 Å². The number of halogens is 2. The molecule has 1 saturated heterocycles. The van der Waals surface area contributed by atoms with Crippen LogP contribution in [0.2, 0.25) is 0 Å². The Balaban J connectivity index is 2.54. The predicted molar refractivity (Wildman–Crippen MR) is 72.2 cm³/mol. The van der Waals surface area contributed by atoms with Gasteiger partial charge in [0, 0.05) is 6.54 Å². The van der Waals surface area contributed by atoms with Crippen LogP contribution in [0, 0.1) is 5.92 Å². The van der Waals surface area contributed by atoms with Crippen molar-refractivity contribution in [3.63, 3.8) is 0 Å². The summed E-state index contributed by atoms with van der Waals surface area (Å²) < 4.78 is 49.0. The summed E-state index contributed by atoms with van der Waals surface area (Å²) in [6.45, 7) is 2.05. The maximum absolute atomic E-state index is 12.8. The zero-order valence-electron chi connectivity index (χ0n) is 11.2. The first-order chi connectivity index (χ1) is 9.76. The molecule has 1 aliphatic rings. The second-order valence-electron chi connectivity index (χ2n) is 5.02. The molecule has 0 aromatic heterocycles. The van der Waals surface area contributed by atoms with Crippen LogP contribution in [-0.2, 0) is 14.6 Å². The van der Waals surface area contributed by atoms with E-state index in [9.17, 15) is 27.1 Å². The number of nitrogens with zero attached hydrogens (tertiary/aromatic N) is 1. The van der Waals surface area contributed by atoms with Gasteiger partial charge in [-0.1, -0.05) is 19.1 Å². The van der Waals surface area contributed by atoms with Crippen LogP contribution < -0.4 is 4.90 Å². The Morgan fingerprint density at radius 1 is 1.38 bits per heavy atom. The Morgan fingerprint density at radius 3 is 2.57 bits per heavy atom. The van der Waals surface area contributed by atoms with Gasteiger partial charge in [-0.3, -0.25) is 0 Å². The van der Waals surface area contributed by atoms with Crippen LogP contribution in [0.3, 0.4) is 0 Å². The van der Waals surface area contributed by atoms with Crippen molar-refractivity contribution >= 4 is 21.5 Å². The van der Waals surface area contributed by atoms with E-state index < -0.39 is 32.5 Å².